The van der Waals surface area contributed by atoms with Crippen LogP contribution in [0.2, 0.25) is 0 Å². The number of hydrogen-bond acceptors (Lipinski definition) is 8. The molecule has 2 N–H and O–H groups in total. The largest absolute Gasteiger partial charge is 0.457 e. The van der Waals surface area contributed by atoms with Gasteiger partial charge in [0.05, 0.1) is 0 Å². The van der Waals surface area contributed by atoms with Crippen molar-refractivity contribution in [3.63, 3.8) is 0 Å². The van der Waals surface area contributed by atoms with Crippen LogP contribution in [-0.4, -0.2) is 33.7 Å². The molecule has 0 heterocycles. The minimum atomic E-state index is -2.70. The van der Waals surface area contributed by atoms with Crippen molar-refractivity contribution in [2.75, 3.05) is 0 Å². The van der Waals surface area contributed by atoms with E-state index in [1.807, 2.05) is 13.8 Å². The number of ether oxygens (including phenoxy) is 2. The predicted octanol–water partition coefficient (Wildman–Crippen LogP) is 5.61. The second-order valence-corrected chi connectivity index (χ2v) is 9.68. The fourth-order valence-electron chi connectivity index (χ4n) is 3.95. The number of rotatable bonds is 12. The van der Waals surface area contributed by atoms with E-state index in [2.05, 4.69) is 0 Å². The van der Waals surface area contributed by atoms with Crippen molar-refractivity contribution in [1.82, 2.24) is 0 Å². The smallest absolute Gasteiger partial charge is 0.351 e. The predicted molar refractivity (Wildman–Crippen MR) is 129 cm³/mol. The lowest BCUT2D eigenvalue weighted by molar-refractivity contribution is -0.423. The third-order valence-corrected chi connectivity index (χ3v) is 6.15. The maximum atomic E-state index is 14.0. The van der Waals surface area contributed by atoms with Gasteiger partial charge in [-0.05, 0) is 40.5 Å². The number of esters is 2. The van der Waals surface area contributed by atoms with Crippen LogP contribution in [0.5, 0.6) is 0 Å². The fraction of sp³-hybridized carbons (Fsp3) is 0.481. The first-order valence-electron chi connectivity index (χ1n) is 11.7. The fourth-order valence-corrected chi connectivity index (χ4v) is 3.95. The van der Waals surface area contributed by atoms with Gasteiger partial charge in [-0.25, -0.2) is 19.4 Å². The molecule has 35 heavy (non-hydrogen) atoms. The minimum Gasteiger partial charge on any atom is -0.457 e. The van der Waals surface area contributed by atoms with Crippen LogP contribution in [0, 0.1) is 0 Å². The molecule has 0 spiro atoms. The van der Waals surface area contributed by atoms with Crippen LogP contribution >= 0.6 is 0 Å². The Morgan fingerprint density at radius 3 is 1.37 bits per heavy atom. The SMILES string of the molecule is CCCC(C)(C)OC(=O)C(OO)(c1ccccc1)C(OO)(C(=O)OC(C)(C)CC)c1ccccc1. The van der Waals surface area contributed by atoms with E-state index in [0.717, 1.165) is 0 Å². The van der Waals surface area contributed by atoms with Gasteiger partial charge in [-0.1, -0.05) is 80.9 Å². The van der Waals surface area contributed by atoms with Gasteiger partial charge in [-0.3, -0.25) is 10.5 Å². The molecule has 0 aliphatic carbocycles. The molecule has 0 bridgehead atoms. The number of carbonyl (C=O) groups is 2. The molecular formula is C27H36O8. The normalized spacial score (nSPS) is 15.5. The van der Waals surface area contributed by atoms with Gasteiger partial charge in [-0.15, -0.1) is 0 Å². The summed E-state index contributed by atoms with van der Waals surface area (Å²) in [7, 11) is 0. The summed E-state index contributed by atoms with van der Waals surface area (Å²) in [5.41, 5.74) is -7.38. The van der Waals surface area contributed by atoms with Crippen molar-refractivity contribution >= 4 is 11.9 Å². The second kappa shape index (κ2) is 11.3. The molecule has 8 nitrogen and oxygen atoms in total. The Morgan fingerprint density at radius 1 is 0.686 bits per heavy atom. The first-order valence-corrected chi connectivity index (χ1v) is 11.7. The molecule has 2 unspecified atom stereocenters. The third-order valence-electron chi connectivity index (χ3n) is 6.15. The van der Waals surface area contributed by atoms with Crippen molar-refractivity contribution in [2.24, 2.45) is 0 Å². The highest BCUT2D eigenvalue weighted by Gasteiger charge is 2.71. The summed E-state index contributed by atoms with van der Waals surface area (Å²) in [5.74, 6) is -2.30. The quantitative estimate of drug-likeness (QED) is 0.225. The summed E-state index contributed by atoms with van der Waals surface area (Å²) in [6.45, 7) is 10.5. The Kier molecular flexibility index (Phi) is 9.19. The Bertz CT molecular complexity index is 973. The summed E-state index contributed by atoms with van der Waals surface area (Å²) in [4.78, 5) is 37.8. The van der Waals surface area contributed by atoms with Gasteiger partial charge in [0.15, 0.2) is 0 Å². The Morgan fingerprint density at radius 2 is 1.06 bits per heavy atom. The summed E-state index contributed by atoms with van der Waals surface area (Å²) in [6, 6.07) is 15.5. The second-order valence-electron chi connectivity index (χ2n) is 9.68. The first kappa shape index (κ1) is 28.5. The summed E-state index contributed by atoms with van der Waals surface area (Å²) in [5, 5.41) is 20.9. The Labute approximate surface area is 206 Å². The molecule has 2 atom stereocenters. The maximum Gasteiger partial charge on any atom is 0.351 e. The standard InChI is InChI=1S/C27H36O8/c1-7-19-25(5,6)33-23(29)27(35-31,21-17-13-10-14-18-21)26(34-30,20-15-11-9-12-16-20)22(28)32-24(3,4)8-2/h9-18,30-31H,7-8,19H2,1-6H3. The molecule has 0 fully saturated rings. The van der Waals surface area contributed by atoms with E-state index in [4.69, 9.17) is 19.2 Å². The van der Waals surface area contributed by atoms with E-state index in [1.165, 1.54) is 24.3 Å². The zero-order valence-electron chi connectivity index (χ0n) is 21.2. The summed E-state index contributed by atoms with van der Waals surface area (Å²) in [6.07, 6.45) is 1.60. The maximum absolute atomic E-state index is 14.0. The molecule has 8 heteroatoms. The molecule has 192 valence electrons. The van der Waals surface area contributed by atoms with E-state index in [1.54, 1.807) is 64.1 Å². The van der Waals surface area contributed by atoms with Crippen LogP contribution in [0.15, 0.2) is 60.7 Å². The lowest BCUT2D eigenvalue weighted by Crippen LogP contribution is -2.63. The lowest BCUT2D eigenvalue weighted by Gasteiger charge is -2.44. The molecule has 0 radical (unpaired) electrons. The molecule has 2 rings (SSSR count). The van der Waals surface area contributed by atoms with E-state index < -0.39 is 34.3 Å². The van der Waals surface area contributed by atoms with Gasteiger partial charge < -0.3 is 9.47 Å². The molecule has 0 aromatic heterocycles. The van der Waals surface area contributed by atoms with E-state index >= 15 is 0 Å². The van der Waals surface area contributed by atoms with E-state index in [0.29, 0.717) is 19.3 Å². The zero-order chi connectivity index (χ0) is 26.3. The van der Waals surface area contributed by atoms with Crippen LogP contribution in [0.1, 0.15) is 71.9 Å². The zero-order valence-corrected chi connectivity index (χ0v) is 21.2. The summed E-state index contributed by atoms with van der Waals surface area (Å²) >= 11 is 0. The number of carbonyl (C=O) groups excluding carboxylic acids is 2. The first-order chi connectivity index (χ1) is 16.5. The van der Waals surface area contributed by atoms with E-state index in [-0.39, 0.29) is 11.1 Å². The van der Waals surface area contributed by atoms with Crippen LogP contribution in [0.25, 0.3) is 0 Å². The molecule has 0 amide bonds. The number of benzene rings is 2. The van der Waals surface area contributed by atoms with Crippen molar-refractivity contribution in [1.29, 1.82) is 0 Å². The lowest BCUT2D eigenvalue weighted by atomic mass is 9.72. The van der Waals surface area contributed by atoms with Crippen LogP contribution in [0.4, 0.5) is 0 Å². The van der Waals surface area contributed by atoms with Crippen LogP contribution in [0.3, 0.4) is 0 Å². The molecular weight excluding hydrogens is 452 g/mol. The van der Waals surface area contributed by atoms with Crippen molar-refractivity contribution in [2.45, 2.75) is 83.2 Å². The molecule has 0 aliphatic heterocycles. The Hall–Kier alpha value is -2.78. The topological polar surface area (TPSA) is 112 Å². The van der Waals surface area contributed by atoms with Crippen molar-refractivity contribution in [3.05, 3.63) is 71.8 Å². The van der Waals surface area contributed by atoms with Crippen LogP contribution in [-0.2, 0) is 40.0 Å². The number of hydrogen-bond donors (Lipinski definition) is 2. The van der Waals surface area contributed by atoms with Crippen LogP contribution < -0.4 is 0 Å². The monoisotopic (exact) mass is 488 g/mol. The van der Waals surface area contributed by atoms with Gasteiger partial charge >= 0.3 is 11.9 Å². The van der Waals surface area contributed by atoms with Gasteiger partial charge in [0.25, 0.3) is 11.2 Å². The molecule has 2 aromatic carbocycles. The highest BCUT2D eigenvalue weighted by molar-refractivity contribution is 5.95. The van der Waals surface area contributed by atoms with Gasteiger partial charge in [0.2, 0.25) is 0 Å². The Balaban J connectivity index is 2.94. The highest BCUT2D eigenvalue weighted by Crippen LogP contribution is 2.49. The minimum absolute atomic E-state index is 0.00236. The third kappa shape index (κ3) is 5.56. The van der Waals surface area contributed by atoms with E-state index in [9.17, 15) is 20.1 Å². The average Bonchev–Trinajstić information content (AvgIpc) is 2.83. The van der Waals surface area contributed by atoms with Gasteiger partial charge in [0.1, 0.15) is 11.2 Å². The van der Waals surface area contributed by atoms with Gasteiger partial charge in [0, 0.05) is 11.1 Å². The van der Waals surface area contributed by atoms with Crippen molar-refractivity contribution < 1.29 is 39.4 Å². The molecule has 0 aliphatic rings. The van der Waals surface area contributed by atoms with Gasteiger partial charge in [-0.2, -0.15) is 0 Å². The van der Waals surface area contributed by atoms with Crippen molar-refractivity contribution in [3.8, 4) is 0 Å². The summed E-state index contributed by atoms with van der Waals surface area (Å²) < 4.78 is 11.5. The molecule has 0 saturated heterocycles. The highest BCUT2D eigenvalue weighted by atomic mass is 17.1. The average molecular weight is 489 g/mol. The molecule has 2 aromatic rings. The molecule has 0 saturated carbocycles.